The van der Waals surface area contributed by atoms with Crippen molar-refractivity contribution in [2.24, 2.45) is 0 Å². The van der Waals surface area contributed by atoms with Gasteiger partial charge in [-0.2, -0.15) is 0 Å². The fraction of sp³-hybridized carbons (Fsp3) is 0. The molecular formula is C46H27N3O. The number of furan rings is 1. The van der Waals surface area contributed by atoms with Crippen LogP contribution in [0.15, 0.2) is 168 Å². The van der Waals surface area contributed by atoms with E-state index in [1.807, 2.05) is 0 Å². The van der Waals surface area contributed by atoms with Gasteiger partial charge in [0.1, 0.15) is 11.2 Å². The summed E-state index contributed by atoms with van der Waals surface area (Å²) in [5.41, 5.74) is 8.95. The topological polar surface area (TPSA) is 43.9 Å². The van der Waals surface area contributed by atoms with Gasteiger partial charge in [-0.25, -0.2) is 9.97 Å². The maximum Gasteiger partial charge on any atom is 0.160 e. The summed E-state index contributed by atoms with van der Waals surface area (Å²) < 4.78 is 8.85. The standard InChI is InChI=1S/C46H27N3O/c1-2-15-32(16-3-1)49-39-20-9-8-18-34(39)37-26-31(21-23-40(37)49)46-47-44(35-19-10-14-28-11-6-7-17-33(28)35)36-22-24-41-43(45(36)48-46)38-25-29-12-4-5-13-30(29)27-42(38)50-41/h1-27H. The van der Waals surface area contributed by atoms with E-state index in [9.17, 15) is 0 Å². The average Bonchev–Trinajstić information content (AvgIpc) is 3.71. The van der Waals surface area contributed by atoms with Crippen LogP contribution in [0.1, 0.15) is 0 Å². The lowest BCUT2D eigenvalue weighted by atomic mass is 9.97. The maximum atomic E-state index is 6.52. The zero-order chi connectivity index (χ0) is 32.8. The number of hydrogen-bond acceptors (Lipinski definition) is 3. The van der Waals surface area contributed by atoms with Crippen LogP contribution in [0, 0.1) is 0 Å². The molecule has 3 heterocycles. The molecule has 0 aliphatic carbocycles. The van der Waals surface area contributed by atoms with E-state index < -0.39 is 0 Å². The normalized spacial score (nSPS) is 12.0. The van der Waals surface area contributed by atoms with Gasteiger partial charge in [0.2, 0.25) is 0 Å². The molecule has 0 atom stereocenters. The van der Waals surface area contributed by atoms with Crippen LogP contribution in [0.25, 0.3) is 105 Å². The Morgan fingerprint density at radius 3 is 2.04 bits per heavy atom. The molecule has 0 unspecified atom stereocenters. The molecule has 0 aliphatic rings. The van der Waals surface area contributed by atoms with Crippen LogP contribution in [0.4, 0.5) is 0 Å². The predicted octanol–water partition coefficient (Wildman–Crippen LogP) is 12.3. The highest BCUT2D eigenvalue weighted by atomic mass is 16.3. The first-order valence-corrected chi connectivity index (χ1v) is 16.9. The third kappa shape index (κ3) is 3.93. The number of para-hydroxylation sites is 2. The third-order valence-electron chi connectivity index (χ3n) is 10.2. The number of rotatable bonds is 3. The Hall–Kier alpha value is -6.78. The van der Waals surface area contributed by atoms with E-state index in [1.165, 1.54) is 21.7 Å². The van der Waals surface area contributed by atoms with Gasteiger partial charge in [0.05, 0.1) is 27.6 Å². The highest BCUT2D eigenvalue weighted by molar-refractivity contribution is 6.22. The van der Waals surface area contributed by atoms with Crippen molar-refractivity contribution >= 4 is 76.2 Å². The molecule has 4 nitrogen and oxygen atoms in total. The average molecular weight is 638 g/mol. The summed E-state index contributed by atoms with van der Waals surface area (Å²) in [5, 5.41) is 10.1. The monoisotopic (exact) mass is 637 g/mol. The number of aromatic nitrogens is 3. The van der Waals surface area contributed by atoms with Gasteiger partial charge in [-0.3, -0.25) is 0 Å². The second-order valence-corrected chi connectivity index (χ2v) is 13.0. The fourth-order valence-electron chi connectivity index (χ4n) is 7.87. The Bertz CT molecular complexity index is 3150. The molecule has 50 heavy (non-hydrogen) atoms. The smallest absolute Gasteiger partial charge is 0.160 e. The molecule has 0 radical (unpaired) electrons. The fourth-order valence-corrected chi connectivity index (χ4v) is 7.87. The Labute approximate surface area is 286 Å². The predicted molar refractivity (Wildman–Crippen MR) is 207 cm³/mol. The van der Waals surface area contributed by atoms with E-state index in [0.29, 0.717) is 5.82 Å². The molecule has 3 aromatic heterocycles. The number of fused-ring (bicyclic) bond motifs is 10. The van der Waals surface area contributed by atoms with Crippen LogP contribution in [0.3, 0.4) is 0 Å². The molecule has 0 aliphatic heterocycles. The molecule has 8 aromatic carbocycles. The highest BCUT2D eigenvalue weighted by Gasteiger charge is 2.20. The molecule has 0 saturated heterocycles. The zero-order valence-electron chi connectivity index (χ0n) is 26.8. The molecule has 4 heteroatoms. The lowest BCUT2D eigenvalue weighted by Crippen LogP contribution is -1.97. The van der Waals surface area contributed by atoms with Gasteiger partial charge in [0, 0.05) is 38.4 Å². The summed E-state index contributed by atoms with van der Waals surface area (Å²) in [6, 6.07) is 57.8. The van der Waals surface area contributed by atoms with Gasteiger partial charge in [-0.1, -0.05) is 103 Å². The summed E-state index contributed by atoms with van der Waals surface area (Å²) in [6.07, 6.45) is 0. The van der Waals surface area contributed by atoms with E-state index >= 15 is 0 Å². The molecule has 0 amide bonds. The molecular weight excluding hydrogens is 611 g/mol. The van der Waals surface area contributed by atoms with Crippen LogP contribution in [-0.2, 0) is 0 Å². The van der Waals surface area contributed by atoms with Crippen LogP contribution in [0.2, 0.25) is 0 Å². The molecule has 11 rings (SSSR count). The molecule has 11 aromatic rings. The van der Waals surface area contributed by atoms with Crippen molar-refractivity contribution < 1.29 is 4.42 Å². The van der Waals surface area contributed by atoms with Crippen molar-refractivity contribution in [3.63, 3.8) is 0 Å². The number of benzene rings is 8. The second kappa shape index (κ2) is 10.4. The minimum absolute atomic E-state index is 0.682. The van der Waals surface area contributed by atoms with E-state index in [0.717, 1.165) is 77.0 Å². The van der Waals surface area contributed by atoms with Crippen LogP contribution >= 0.6 is 0 Å². The van der Waals surface area contributed by atoms with E-state index in [-0.39, 0.29) is 0 Å². The number of hydrogen-bond donors (Lipinski definition) is 0. The van der Waals surface area contributed by atoms with Gasteiger partial charge in [-0.15, -0.1) is 0 Å². The van der Waals surface area contributed by atoms with Crippen LogP contribution in [0.5, 0.6) is 0 Å². The summed E-state index contributed by atoms with van der Waals surface area (Å²) in [7, 11) is 0. The van der Waals surface area contributed by atoms with E-state index in [4.69, 9.17) is 14.4 Å². The molecule has 0 bridgehead atoms. The van der Waals surface area contributed by atoms with Crippen molar-refractivity contribution in [3.05, 3.63) is 164 Å². The summed E-state index contributed by atoms with van der Waals surface area (Å²) >= 11 is 0. The Balaban J connectivity index is 1.25. The van der Waals surface area contributed by atoms with Gasteiger partial charge in [0.15, 0.2) is 5.82 Å². The zero-order valence-corrected chi connectivity index (χ0v) is 26.8. The van der Waals surface area contributed by atoms with E-state index in [2.05, 4.69) is 168 Å². The Morgan fingerprint density at radius 2 is 1.16 bits per heavy atom. The first-order chi connectivity index (χ1) is 24.8. The number of nitrogens with zero attached hydrogens (tertiary/aromatic N) is 3. The second-order valence-electron chi connectivity index (χ2n) is 13.0. The van der Waals surface area contributed by atoms with Crippen molar-refractivity contribution in [2.45, 2.75) is 0 Å². The minimum atomic E-state index is 0.682. The van der Waals surface area contributed by atoms with Crippen molar-refractivity contribution in [1.29, 1.82) is 0 Å². The first kappa shape index (κ1) is 27.2. The molecule has 232 valence electrons. The molecule has 0 fully saturated rings. The van der Waals surface area contributed by atoms with Crippen LogP contribution < -0.4 is 0 Å². The maximum absolute atomic E-state index is 6.52. The first-order valence-electron chi connectivity index (χ1n) is 16.9. The lowest BCUT2D eigenvalue weighted by molar-refractivity contribution is 0.669. The van der Waals surface area contributed by atoms with Gasteiger partial charge < -0.3 is 8.98 Å². The van der Waals surface area contributed by atoms with Crippen molar-refractivity contribution in [2.75, 3.05) is 0 Å². The quantitative estimate of drug-likeness (QED) is 0.194. The Morgan fingerprint density at radius 1 is 0.440 bits per heavy atom. The summed E-state index contributed by atoms with van der Waals surface area (Å²) in [6.45, 7) is 0. The SMILES string of the molecule is c1ccc(-n2c3ccccc3c3cc(-c4nc(-c5cccc6ccccc56)c5ccc6oc7cc8ccccc8cc7c6c5n4)ccc32)cc1. The molecule has 0 spiro atoms. The Kier molecular flexibility index (Phi) is 5.63. The van der Waals surface area contributed by atoms with Crippen LogP contribution in [-0.4, -0.2) is 14.5 Å². The molecule has 0 N–H and O–H groups in total. The largest absolute Gasteiger partial charge is 0.456 e. The van der Waals surface area contributed by atoms with Crippen molar-refractivity contribution in [1.82, 2.24) is 14.5 Å². The summed E-state index contributed by atoms with van der Waals surface area (Å²) in [4.78, 5) is 10.8. The van der Waals surface area contributed by atoms with Crippen molar-refractivity contribution in [3.8, 4) is 28.3 Å². The minimum Gasteiger partial charge on any atom is -0.456 e. The highest BCUT2D eigenvalue weighted by Crippen LogP contribution is 2.41. The van der Waals surface area contributed by atoms with Gasteiger partial charge in [-0.05, 0) is 82.2 Å². The van der Waals surface area contributed by atoms with Gasteiger partial charge >= 0.3 is 0 Å². The molecule has 0 saturated carbocycles. The van der Waals surface area contributed by atoms with E-state index in [1.54, 1.807) is 0 Å². The summed E-state index contributed by atoms with van der Waals surface area (Å²) in [5.74, 6) is 0.682. The third-order valence-corrected chi connectivity index (χ3v) is 10.2. The van der Waals surface area contributed by atoms with Gasteiger partial charge in [0.25, 0.3) is 0 Å². The lowest BCUT2D eigenvalue weighted by Gasteiger charge is -2.13.